The van der Waals surface area contributed by atoms with Gasteiger partial charge in [-0.3, -0.25) is 5.41 Å². The van der Waals surface area contributed by atoms with Crippen molar-refractivity contribution in [3.63, 3.8) is 0 Å². The van der Waals surface area contributed by atoms with Gasteiger partial charge >= 0.3 is 0 Å². The highest BCUT2D eigenvalue weighted by molar-refractivity contribution is 9.10. The fourth-order valence-corrected chi connectivity index (χ4v) is 2.94. The van der Waals surface area contributed by atoms with Crippen LogP contribution < -0.4 is 5.73 Å². The molecule has 2 aromatic rings. The molecule has 2 aromatic carbocycles. The summed E-state index contributed by atoms with van der Waals surface area (Å²) in [4.78, 5) is 1.04. The van der Waals surface area contributed by atoms with Crippen molar-refractivity contribution in [1.29, 1.82) is 5.41 Å². The average molecular weight is 321 g/mol. The first-order valence-corrected chi connectivity index (χ1v) is 7.25. The molecule has 2 rings (SSSR count). The Labute approximate surface area is 119 Å². The van der Waals surface area contributed by atoms with E-state index in [1.165, 1.54) is 5.56 Å². The van der Waals surface area contributed by atoms with E-state index in [1.54, 1.807) is 11.8 Å². The largest absolute Gasteiger partial charge is 0.384 e. The summed E-state index contributed by atoms with van der Waals surface area (Å²) in [7, 11) is 0. The summed E-state index contributed by atoms with van der Waals surface area (Å²) < 4.78 is 0.941. The van der Waals surface area contributed by atoms with Crippen molar-refractivity contribution in [1.82, 2.24) is 0 Å². The molecule has 92 valence electrons. The molecule has 0 aliphatic rings. The highest BCUT2D eigenvalue weighted by Crippen LogP contribution is 2.28. The van der Waals surface area contributed by atoms with Gasteiger partial charge in [-0.15, -0.1) is 11.8 Å². The highest BCUT2D eigenvalue weighted by atomic mass is 79.9. The molecule has 0 radical (unpaired) electrons. The van der Waals surface area contributed by atoms with Crippen molar-refractivity contribution in [2.75, 3.05) is 0 Å². The van der Waals surface area contributed by atoms with Crippen LogP contribution in [-0.4, -0.2) is 5.84 Å². The fraction of sp³-hybridized carbons (Fsp3) is 0.0714. The number of thioether (sulfide) groups is 1. The van der Waals surface area contributed by atoms with E-state index in [-0.39, 0.29) is 5.84 Å². The van der Waals surface area contributed by atoms with E-state index >= 15 is 0 Å². The van der Waals surface area contributed by atoms with Crippen molar-refractivity contribution in [3.8, 4) is 0 Å². The van der Waals surface area contributed by atoms with E-state index in [1.807, 2.05) is 36.4 Å². The van der Waals surface area contributed by atoms with Crippen LogP contribution in [0.3, 0.4) is 0 Å². The van der Waals surface area contributed by atoms with Gasteiger partial charge in [0.1, 0.15) is 5.84 Å². The third-order valence-corrected chi connectivity index (χ3v) is 4.11. The van der Waals surface area contributed by atoms with Gasteiger partial charge in [-0.2, -0.15) is 0 Å². The number of hydrogen-bond donors (Lipinski definition) is 2. The van der Waals surface area contributed by atoms with Gasteiger partial charge in [0.2, 0.25) is 0 Å². The molecule has 0 spiro atoms. The molecule has 0 aliphatic heterocycles. The predicted molar refractivity (Wildman–Crippen MR) is 81.2 cm³/mol. The second-order valence-corrected chi connectivity index (χ2v) is 5.76. The van der Waals surface area contributed by atoms with Gasteiger partial charge in [0.25, 0.3) is 0 Å². The van der Waals surface area contributed by atoms with E-state index in [4.69, 9.17) is 11.1 Å². The molecule has 18 heavy (non-hydrogen) atoms. The normalized spacial score (nSPS) is 10.3. The minimum Gasteiger partial charge on any atom is -0.384 e. The molecule has 0 aliphatic carbocycles. The van der Waals surface area contributed by atoms with Gasteiger partial charge < -0.3 is 5.73 Å². The Bertz CT molecular complexity index is 555. The van der Waals surface area contributed by atoms with Crippen molar-refractivity contribution in [2.45, 2.75) is 10.6 Å². The second kappa shape index (κ2) is 6.07. The summed E-state index contributed by atoms with van der Waals surface area (Å²) in [6.07, 6.45) is 0. The van der Waals surface area contributed by atoms with Crippen LogP contribution in [0, 0.1) is 5.41 Å². The number of nitrogens with two attached hydrogens (primary N) is 1. The van der Waals surface area contributed by atoms with Crippen molar-refractivity contribution in [3.05, 3.63) is 64.1 Å². The Hall–Kier alpha value is -1.26. The zero-order valence-corrected chi connectivity index (χ0v) is 12.1. The second-order valence-electron chi connectivity index (χ2n) is 3.83. The lowest BCUT2D eigenvalue weighted by atomic mass is 10.2. The molecule has 0 aromatic heterocycles. The molecule has 0 unspecified atom stereocenters. The van der Waals surface area contributed by atoms with E-state index in [0.717, 1.165) is 20.7 Å². The first-order valence-electron chi connectivity index (χ1n) is 5.47. The van der Waals surface area contributed by atoms with Crippen LogP contribution in [0.1, 0.15) is 11.1 Å². The fourth-order valence-electron chi connectivity index (χ4n) is 1.57. The lowest BCUT2D eigenvalue weighted by molar-refractivity contribution is 1.32. The molecule has 0 heterocycles. The monoisotopic (exact) mass is 320 g/mol. The summed E-state index contributed by atoms with van der Waals surface area (Å²) >= 11 is 5.09. The van der Waals surface area contributed by atoms with Gasteiger partial charge in [-0.05, 0) is 23.8 Å². The minimum atomic E-state index is 0.104. The topological polar surface area (TPSA) is 49.9 Å². The van der Waals surface area contributed by atoms with Crippen LogP contribution >= 0.6 is 27.7 Å². The molecule has 0 fully saturated rings. The lowest BCUT2D eigenvalue weighted by Crippen LogP contribution is -2.12. The van der Waals surface area contributed by atoms with Crippen molar-refractivity contribution < 1.29 is 0 Å². The first-order chi connectivity index (χ1) is 8.66. The highest BCUT2D eigenvalue weighted by Gasteiger charge is 2.07. The molecule has 0 atom stereocenters. The number of nitrogens with one attached hydrogen (secondary N) is 1. The summed E-state index contributed by atoms with van der Waals surface area (Å²) in [6, 6.07) is 16.1. The van der Waals surface area contributed by atoms with Crippen LogP contribution in [0.2, 0.25) is 0 Å². The van der Waals surface area contributed by atoms with Gasteiger partial charge in [0.05, 0.1) is 0 Å². The van der Waals surface area contributed by atoms with Crippen LogP contribution in [0.15, 0.2) is 57.9 Å². The van der Waals surface area contributed by atoms with E-state index < -0.39 is 0 Å². The van der Waals surface area contributed by atoms with Crippen LogP contribution in [0.25, 0.3) is 0 Å². The summed E-state index contributed by atoms with van der Waals surface area (Å²) in [6.45, 7) is 0. The SMILES string of the molecule is N=C(N)c1cc(Br)ccc1SCc1ccccc1. The van der Waals surface area contributed by atoms with Crippen LogP contribution in [-0.2, 0) is 5.75 Å². The number of halogens is 1. The number of nitrogen functional groups attached to an aromatic ring is 1. The van der Waals surface area contributed by atoms with E-state index in [2.05, 4.69) is 28.1 Å². The Balaban J connectivity index is 2.17. The third kappa shape index (κ3) is 3.37. The van der Waals surface area contributed by atoms with Crippen LogP contribution in [0.5, 0.6) is 0 Å². The molecule has 3 N–H and O–H groups in total. The third-order valence-electron chi connectivity index (χ3n) is 2.47. The van der Waals surface area contributed by atoms with Crippen molar-refractivity contribution >= 4 is 33.5 Å². The first kappa shape index (κ1) is 13.2. The Morgan fingerprint density at radius 2 is 1.89 bits per heavy atom. The van der Waals surface area contributed by atoms with E-state index in [9.17, 15) is 0 Å². The Morgan fingerprint density at radius 3 is 2.56 bits per heavy atom. The predicted octanol–water partition coefficient (Wildman–Crippen LogP) is 4.03. The average Bonchev–Trinajstić information content (AvgIpc) is 2.38. The van der Waals surface area contributed by atoms with E-state index in [0.29, 0.717) is 0 Å². The summed E-state index contributed by atoms with van der Waals surface area (Å²) in [5, 5.41) is 7.60. The van der Waals surface area contributed by atoms with Gasteiger partial charge in [0, 0.05) is 20.7 Å². The maximum absolute atomic E-state index is 7.60. The number of rotatable bonds is 4. The Morgan fingerprint density at radius 1 is 1.17 bits per heavy atom. The maximum Gasteiger partial charge on any atom is 0.123 e. The zero-order valence-electron chi connectivity index (χ0n) is 9.69. The van der Waals surface area contributed by atoms with Gasteiger partial charge in [-0.25, -0.2) is 0 Å². The van der Waals surface area contributed by atoms with Gasteiger partial charge in [0.15, 0.2) is 0 Å². The Kier molecular flexibility index (Phi) is 4.44. The number of hydrogen-bond acceptors (Lipinski definition) is 2. The molecule has 4 heteroatoms. The molecule has 2 nitrogen and oxygen atoms in total. The smallest absolute Gasteiger partial charge is 0.123 e. The molecule has 0 saturated carbocycles. The zero-order chi connectivity index (χ0) is 13.0. The quantitative estimate of drug-likeness (QED) is 0.507. The maximum atomic E-state index is 7.60. The minimum absolute atomic E-state index is 0.104. The molecular weight excluding hydrogens is 308 g/mol. The standard InChI is InChI=1S/C14H13BrN2S/c15-11-6-7-13(12(8-11)14(16)17)18-9-10-4-2-1-3-5-10/h1-8H,9H2,(H3,16,17). The molecular formula is C14H13BrN2S. The molecule has 0 amide bonds. The molecule has 0 saturated heterocycles. The summed E-state index contributed by atoms with van der Waals surface area (Å²) in [5.41, 5.74) is 7.65. The molecule has 0 bridgehead atoms. The van der Waals surface area contributed by atoms with Crippen molar-refractivity contribution in [2.24, 2.45) is 5.73 Å². The van der Waals surface area contributed by atoms with Gasteiger partial charge in [-0.1, -0.05) is 46.3 Å². The number of benzene rings is 2. The lowest BCUT2D eigenvalue weighted by Gasteiger charge is -2.08. The summed E-state index contributed by atoms with van der Waals surface area (Å²) in [5.74, 6) is 0.981. The van der Waals surface area contributed by atoms with Crippen LogP contribution in [0.4, 0.5) is 0 Å². The number of amidine groups is 1.